The molecule has 2 aromatic carbocycles. The zero-order valence-electron chi connectivity index (χ0n) is 20.3. The molecule has 37 heavy (non-hydrogen) atoms. The third-order valence-electron chi connectivity index (χ3n) is 6.78. The van der Waals surface area contributed by atoms with Gasteiger partial charge in [0.25, 0.3) is 11.8 Å². The molecule has 2 amide bonds. The molecule has 188 valence electrons. The minimum Gasteiger partial charge on any atom is -0.493 e. The van der Waals surface area contributed by atoms with Crippen molar-refractivity contribution in [2.24, 2.45) is 0 Å². The molecule has 0 saturated carbocycles. The number of aromatic nitrogens is 4. The van der Waals surface area contributed by atoms with Crippen LogP contribution in [-0.2, 0) is 24.2 Å². The van der Waals surface area contributed by atoms with E-state index in [-0.39, 0.29) is 31.0 Å². The first-order valence-electron chi connectivity index (χ1n) is 12.1. The maximum atomic E-state index is 13.4. The Bertz CT molecular complexity index is 1490. The first-order chi connectivity index (χ1) is 18.1. The van der Waals surface area contributed by atoms with Crippen LogP contribution in [0.4, 0.5) is 0 Å². The summed E-state index contributed by atoms with van der Waals surface area (Å²) in [7, 11) is 1.55. The van der Waals surface area contributed by atoms with E-state index in [1.54, 1.807) is 25.4 Å². The topological polar surface area (TPSA) is 123 Å². The highest BCUT2D eigenvalue weighted by Crippen LogP contribution is 2.33. The van der Waals surface area contributed by atoms with E-state index < -0.39 is 0 Å². The van der Waals surface area contributed by atoms with E-state index in [1.165, 1.54) is 0 Å². The van der Waals surface area contributed by atoms with Gasteiger partial charge in [0.1, 0.15) is 5.82 Å². The average molecular weight is 499 g/mol. The Balaban J connectivity index is 1.36. The zero-order chi connectivity index (χ0) is 25.4. The number of benzene rings is 2. The molecule has 1 atom stereocenters. The maximum Gasteiger partial charge on any atom is 0.258 e. The highest BCUT2D eigenvalue weighted by Gasteiger charge is 2.23. The monoisotopic (exact) mass is 498 g/mol. The fraction of sp³-hybridized carbons (Fsp3) is 0.259. The highest BCUT2D eigenvalue weighted by atomic mass is 16.5. The number of imidazole rings is 1. The summed E-state index contributed by atoms with van der Waals surface area (Å²) in [6, 6.07) is 11.1. The van der Waals surface area contributed by atoms with Crippen LogP contribution in [-0.4, -0.2) is 51.3 Å². The number of hydrogen-bond donors (Lipinski definition) is 3. The van der Waals surface area contributed by atoms with Crippen molar-refractivity contribution in [3.63, 3.8) is 0 Å². The Hall–Kier alpha value is -4.60. The lowest BCUT2D eigenvalue weighted by Gasteiger charge is -2.23. The van der Waals surface area contributed by atoms with Gasteiger partial charge >= 0.3 is 0 Å². The summed E-state index contributed by atoms with van der Waals surface area (Å²) in [5, 5.41) is 13.2. The lowest BCUT2D eigenvalue weighted by Crippen LogP contribution is -2.38. The lowest BCUT2D eigenvalue weighted by atomic mass is 9.93. The maximum absolute atomic E-state index is 13.4. The Morgan fingerprint density at radius 1 is 1.24 bits per heavy atom. The number of hydrogen-bond acceptors (Lipinski definition) is 6. The van der Waals surface area contributed by atoms with Crippen molar-refractivity contribution in [3.05, 3.63) is 77.4 Å². The Morgan fingerprint density at radius 2 is 2.16 bits per heavy atom. The summed E-state index contributed by atoms with van der Waals surface area (Å²) < 4.78 is 13.1. The Labute approximate surface area is 213 Å². The van der Waals surface area contributed by atoms with Crippen molar-refractivity contribution in [1.29, 1.82) is 0 Å². The van der Waals surface area contributed by atoms with Gasteiger partial charge in [0.15, 0.2) is 18.1 Å². The molecule has 0 saturated heterocycles. The lowest BCUT2D eigenvalue weighted by molar-refractivity contribution is -0.123. The largest absolute Gasteiger partial charge is 0.493 e. The second-order valence-corrected chi connectivity index (χ2v) is 9.23. The number of aryl methyl sites for hydroxylation is 1. The first kappa shape index (κ1) is 22.8. The van der Waals surface area contributed by atoms with E-state index in [4.69, 9.17) is 9.47 Å². The number of amides is 2. The van der Waals surface area contributed by atoms with Crippen LogP contribution in [0.25, 0.3) is 17.1 Å². The molecule has 0 spiro atoms. The van der Waals surface area contributed by atoms with Crippen LogP contribution in [0.1, 0.15) is 33.6 Å². The SMILES string of the molecule is COc1ccc2cc1OCC(=O)NCc1cc(C(=O)NC3CCc4[nH]ncc4C3)cc(c1)-n1ccnc1-2. The van der Waals surface area contributed by atoms with Gasteiger partial charge in [-0.1, -0.05) is 0 Å². The molecule has 4 aromatic rings. The Kier molecular flexibility index (Phi) is 5.84. The second kappa shape index (κ2) is 9.45. The summed E-state index contributed by atoms with van der Waals surface area (Å²) in [5.41, 5.74) is 5.14. The molecular formula is C27H26N6O4. The molecule has 10 nitrogen and oxygen atoms in total. The minimum absolute atomic E-state index is 0.0252. The summed E-state index contributed by atoms with van der Waals surface area (Å²) >= 11 is 0. The van der Waals surface area contributed by atoms with Gasteiger partial charge in [-0.3, -0.25) is 19.3 Å². The smallest absolute Gasteiger partial charge is 0.258 e. The van der Waals surface area contributed by atoms with Crippen molar-refractivity contribution in [3.8, 4) is 28.6 Å². The highest BCUT2D eigenvalue weighted by molar-refractivity contribution is 5.95. The summed E-state index contributed by atoms with van der Waals surface area (Å²) in [6.45, 7) is 0.0792. The fourth-order valence-electron chi connectivity index (χ4n) is 4.90. The van der Waals surface area contributed by atoms with E-state index in [9.17, 15) is 9.59 Å². The third kappa shape index (κ3) is 4.53. The third-order valence-corrected chi connectivity index (χ3v) is 6.78. The second-order valence-electron chi connectivity index (χ2n) is 9.23. The van der Waals surface area contributed by atoms with Crippen LogP contribution in [0.15, 0.2) is 55.0 Å². The molecule has 2 aromatic heterocycles. The van der Waals surface area contributed by atoms with Crippen LogP contribution in [0, 0.1) is 0 Å². The summed E-state index contributed by atoms with van der Waals surface area (Å²) in [6.07, 6.45) is 7.82. The van der Waals surface area contributed by atoms with Gasteiger partial charge < -0.3 is 20.1 Å². The van der Waals surface area contributed by atoms with E-state index in [1.807, 2.05) is 41.2 Å². The van der Waals surface area contributed by atoms with Gasteiger partial charge in [0.2, 0.25) is 0 Å². The van der Waals surface area contributed by atoms with Crippen molar-refractivity contribution in [1.82, 2.24) is 30.4 Å². The molecular weight excluding hydrogens is 472 g/mol. The van der Waals surface area contributed by atoms with E-state index in [2.05, 4.69) is 25.8 Å². The number of fused-ring (bicyclic) bond motifs is 8. The molecule has 4 bridgehead atoms. The van der Waals surface area contributed by atoms with Gasteiger partial charge in [0.05, 0.1) is 13.3 Å². The first-order valence-corrected chi connectivity index (χ1v) is 12.1. The zero-order valence-corrected chi connectivity index (χ0v) is 20.3. The molecule has 2 aliphatic rings. The van der Waals surface area contributed by atoms with E-state index >= 15 is 0 Å². The van der Waals surface area contributed by atoms with Crippen LogP contribution >= 0.6 is 0 Å². The fourth-order valence-corrected chi connectivity index (χ4v) is 4.90. The van der Waals surface area contributed by atoms with Gasteiger partial charge in [0, 0.05) is 47.5 Å². The summed E-state index contributed by atoms with van der Waals surface area (Å²) in [4.78, 5) is 30.5. The predicted molar refractivity (Wildman–Crippen MR) is 135 cm³/mol. The van der Waals surface area contributed by atoms with Crippen LogP contribution in [0.3, 0.4) is 0 Å². The normalized spacial score (nSPS) is 16.6. The van der Waals surface area contributed by atoms with Crippen molar-refractivity contribution in [2.45, 2.75) is 31.8 Å². The number of rotatable bonds is 3. The van der Waals surface area contributed by atoms with E-state index in [0.29, 0.717) is 22.9 Å². The molecule has 10 heteroatoms. The molecule has 1 aliphatic carbocycles. The molecule has 0 fully saturated rings. The quantitative estimate of drug-likeness (QED) is 0.399. The van der Waals surface area contributed by atoms with Gasteiger partial charge in [-0.05, 0) is 66.8 Å². The molecule has 3 heterocycles. The number of carbonyl (C=O) groups is 2. The number of aromatic amines is 1. The molecule has 1 aliphatic heterocycles. The predicted octanol–water partition coefficient (Wildman–Crippen LogP) is 2.57. The van der Waals surface area contributed by atoms with Gasteiger partial charge in [-0.2, -0.15) is 5.10 Å². The van der Waals surface area contributed by atoms with Crippen LogP contribution < -0.4 is 20.1 Å². The van der Waals surface area contributed by atoms with Crippen molar-refractivity contribution < 1.29 is 19.1 Å². The molecule has 0 radical (unpaired) electrons. The van der Waals surface area contributed by atoms with Crippen LogP contribution in [0.2, 0.25) is 0 Å². The molecule has 1 unspecified atom stereocenters. The number of nitrogens with zero attached hydrogens (tertiary/aromatic N) is 3. The minimum atomic E-state index is -0.279. The number of ether oxygens (including phenoxy) is 2. The number of nitrogens with one attached hydrogen (secondary N) is 3. The Morgan fingerprint density at radius 3 is 3.05 bits per heavy atom. The van der Waals surface area contributed by atoms with Crippen molar-refractivity contribution in [2.75, 3.05) is 13.7 Å². The standard InChI is InChI=1S/C27H26N6O4/c1-36-23-5-2-17-12-24(23)37-15-25(34)29-13-16-8-18(11-21(9-16)33-7-6-28-26(17)33)27(35)31-20-3-4-22-19(10-20)14-30-32-22/h2,5-9,11-12,14,20H,3-4,10,13,15H2,1H3,(H,29,34)(H,30,32)(H,31,35). The average Bonchev–Trinajstić information content (AvgIpc) is 3.59. The van der Waals surface area contributed by atoms with Gasteiger partial charge in [-0.15, -0.1) is 0 Å². The molecule has 3 N–H and O–H groups in total. The van der Waals surface area contributed by atoms with E-state index in [0.717, 1.165) is 47.3 Å². The number of carbonyl (C=O) groups excluding carboxylic acids is 2. The number of methoxy groups -OCH3 is 1. The molecule has 6 rings (SSSR count). The van der Waals surface area contributed by atoms with Gasteiger partial charge in [-0.25, -0.2) is 4.98 Å². The summed E-state index contributed by atoms with van der Waals surface area (Å²) in [5.74, 6) is 1.21. The van der Waals surface area contributed by atoms with Crippen molar-refractivity contribution >= 4 is 11.8 Å². The van der Waals surface area contributed by atoms with Crippen LogP contribution in [0.5, 0.6) is 11.5 Å². The number of H-pyrrole nitrogens is 1.